The number of hydrogen-bond donors (Lipinski definition) is 0. The molecule has 166 valence electrons. The number of ether oxygens (including phenoxy) is 2. The lowest BCUT2D eigenvalue weighted by atomic mass is 9.91. The van der Waals surface area contributed by atoms with E-state index in [2.05, 4.69) is 20.5 Å². The Morgan fingerprint density at radius 2 is 2.10 bits per heavy atom. The summed E-state index contributed by atoms with van der Waals surface area (Å²) < 4.78 is 13.1. The molecule has 9 nitrogen and oxygen atoms in total. The van der Waals surface area contributed by atoms with Crippen molar-refractivity contribution in [2.45, 2.75) is 58.0 Å². The van der Waals surface area contributed by atoms with E-state index in [1.165, 1.54) is 6.42 Å². The largest absolute Gasteiger partial charge is 0.477 e. The summed E-state index contributed by atoms with van der Waals surface area (Å²) in [6.07, 6.45) is 9.67. The van der Waals surface area contributed by atoms with Gasteiger partial charge >= 0.3 is 6.09 Å². The molecule has 0 spiro atoms. The van der Waals surface area contributed by atoms with E-state index >= 15 is 0 Å². The number of aromatic nitrogens is 5. The molecule has 31 heavy (non-hydrogen) atoms. The Bertz CT molecular complexity index is 921. The fourth-order valence-corrected chi connectivity index (χ4v) is 4.65. The SMILES string of the molecule is Cc1cc(-n2cnnn2)cnc1OCC[C@@H]1C[C@@H]1C1CCN(C(=O)OC2(C)CC2)CC1. The van der Waals surface area contributed by atoms with Crippen LogP contribution in [0.3, 0.4) is 0 Å². The van der Waals surface area contributed by atoms with Gasteiger partial charge in [0.15, 0.2) is 0 Å². The van der Waals surface area contributed by atoms with Crippen LogP contribution in [0.5, 0.6) is 5.88 Å². The average Bonchev–Trinajstić information content (AvgIpc) is 3.63. The molecule has 2 aromatic rings. The highest BCUT2D eigenvalue weighted by Crippen LogP contribution is 2.50. The maximum absolute atomic E-state index is 12.3. The number of carbonyl (C=O) groups is 1. The number of likely N-dealkylation sites (tertiary alicyclic amines) is 1. The summed E-state index contributed by atoms with van der Waals surface area (Å²) in [5, 5.41) is 11.2. The summed E-state index contributed by atoms with van der Waals surface area (Å²) in [7, 11) is 0. The number of amides is 1. The normalized spacial score (nSPS) is 24.6. The van der Waals surface area contributed by atoms with Gasteiger partial charge in [-0.1, -0.05) is 0 Å². The zero-order valence-electron chi connectivity index (χ0n) is 18.2. The van der Waals surface area contributed by atoms with Gasteiger partial charge in [-0.2, -0.15) is 4.68 Å². The van der Waals surface area contributed by atoms with Crippen LogP contribution < -0.4 is 4.74 Å². The van der Waals surface area contributed by atoms with Crippen molar-refractivity contribution in [1.82, 2.24) is 30.1 Å². The Hall–Kier alpha value is -2.71. The maximum atomic E-state index is 12.3. The highest BCUT2D eigenvalue weighted by atomic mass is 16.6. The predicted octanol–water partition coefficient (Wildman–Crippen LogP) is 3.17. The van der Waals surface area contributed by atoms with Crippen LogP contribution in [0.1, 0.15) is 51.0 Å². The molecule has 2 atom stereocenters. The van der Waals surface area contributed by atoms with E-state index in [4.69, 9.17) is 9.47 Å². The quantitative estimate of drug-likeness (QED) is 0.671. The molecule has 0 unspecified atom stereocenters. The lowest BCUT2D eigenvalue weighted by molar-refractivity contribution is 0.0473. The molecule has 3 fully saturated rings. The number of carbonyl (C=O) groups excluding carboxylic acids is 1. The van der Waals surface area contributed by atoms with E-state index in [1.807, 2.05) is 24.8 Å². The first kappa shape index (κ1) is 20.2. The van der Waals surface area contributed by atoms with Crippen LogP contribution in [0.25, 0.3) is 5.69 Å². The molecule has 5 rings (SSSR count). The highest BCUT2D eigenvalue weighted by molar-refractivity contribution is 5.68. The molecular formula is C22H30N6O3. The lowest BCUT2D eigenvalue weighted by Crippen LogP contribution is -2.40. The van der Waals surface area contributed by atoms with Gasteiger partial charge in [-0.15, -0.1) is 5.10 Å². The van der Waals surface area contributed by atoms with Crippen LogP contribution >= 0.6 is 0 Å². The van der Waals surface area contributed by atoms with E-state index in [1.54, 1.807) is 17.2 Å². The number of tetrazole rings is 1. The summed E-state index contributed by atoms with van der Waals surface area (Å²) in [5.41, 5.74) is 1.61. The van der Waals surface area contributed by atoms with E-state index in [0.717, 1.165) is 74.2 Å². The Balaban J connectivity index is 1.03. The first-order chi connectivity index (χ1) is 15.0. The number of pyridine rings is 1. The topological polar surface area (TPSA) is 95.3 Å². The van der Waals surface area contributed by atoms with Crippen LogP contribution in [-0.4, -0.2) is 61.5 Å². The number of nitrogens with zero attached hydrogens (tertiary/aromatic N) is 6. The molecule has 1 amide bonds. The minimum absolute atomic E-state index is 0.117. The van der Waals surface area contributed by atoms with Crippen LogP contribution in [0.4, 0.5) is 4.79 Å². The molecule has 0 N–H and O–H groups in total. The molecule has 0 aromatic carbocycles. The van der Waals surface area contributed by atoms with Gasteiger partial charge in [0, 0.05) is 18.7 Å². The molecule has 3 heterocycles. The first-order valence-corrected chi connectivity index (χ1v) is 11.3. The molecule has 1 saturated heterocycles. The average molecular weight is 427 g/mol. The van der Waals surface area contributed by atoms with Gasteiger partial charge in [0.25, 0.3) is 0 Å². The van der Waals surface area contributed by atoms with Crippen molar-refractivity contribution in [3.8, 4) is 11.6 Å². The van der Waals surface area contributed by atoms with E-state index in [0.29, 0.717) is 12.5 Å². The summed E-state index contributed by atoms with van der Waals surface area (Å²) in [6, 6.07) is 1.97. The Labute approximate surface area is 182 Å². The molecular weight excluding hydrogens is 396 g/mol. The van der Waals surface area contributed by atoms with Crippen LogP contribution in [0.15, 0.2) is 18.6 Å². The van der Waals surface area contributed by atoms with Crippen molar-refractivity contribution in [3.05, 3.63) is 24.2 Å². The lowest BCUT2D eigenvalue weighted by Gasteiger charge is -2.32. The minimum Gasteiger partial charge on any atom is -0.477 e. The molecule has 2 saturated carbocycles. The fourth-order valence-electron chi connectivity index (χ4n) is 4.65. The summed E-state index contributed by atoms with van der Waals surface area (Å²) in [4.78, 5) is 18.6. The molecule has 3 aliphatic rings. The zero-order chi connectivity index (χ0) is 21.4. The molecule has 1 aliphatic heterocycles. The first-order valence-electron chi connectivity index (χ1n) is 11.3. The molecule has 0 radical (unpaired) electrons. The summed E-state index contributed by atoms with van der Waals surface area (Å²) in [6.45, 7) is 6.35. The summed E-state index contributed by atoms with van der Waals surface area (Å²) in [5.74, 6) is 2.90. The maximum Gasteiger partial charge on any atom is 0.410 e. The van der Waals surface area contributed by atoms with Gasteiger partial charge < -0.3 is 14.4 Å². The van der Waals surface area contributed by atoms with Gasteiger partial charge in [0.2, 0.25) is 5.88 Å². The van der Waals surface area contributed by atoms with Crippen molar-refractivity contribution < 1.29 is 14.3 Å². The van der Waals surface area contributed by atoms with Crippen molar-refractivity contribution >= 4 is 6.09 Å². The van der Waals surface area contributed by atoms with Crippen molar-refractivity contribution in [3.63, 3.8) is 0 Å². The van der Waals surface area contributed by atoms with Gasteiger partial charge in [-0.05, 0) is 86.6 Å². The van der Waals surface area contributed by atoms with E-state index < -0.39 is 0 Å². The van der Waals surface area contributed by atoms with Gasteiger partial charge in [-0.3, -0.25) is 0 Å². The van der Waals surface area contributed by atoms with Crippen LogP contribution in [-0.2, 0) is 4.74 Å². The second-order valence-corrected chi connectivity index (χ2v) is 9.51. The smallest absolute Gasteiger partial charge is 0.410 e. The van der Waals surface area contributed by atoms with Crippen molar-refractivity contribution in [2.75, 3.05) is 19.7 Å². The van der Waals surface area contributed by atoms with E-state index in [9.17, 15) is 4.79 Å². The predicted molar refractivity (Wildman–Crippen MR) is 112 cm³/mol. The molecule has 9 heteroatoms. The Kier molecular flexibility index (Phi) is 5.27. The van der Waals surface area contributed by atoms with Gasteiger partial charge in [0.1, 0.15) is 11.9 Å². The number of rotatable bonds is 7. The highest BCUT2D eigenvalue weighted by Gasteiger charge is 2.45. The number of aryl methyl sites for hydroxylation is 1. The monoisotopic (exact) mass is 426 g/mol. The number of piperidine rings is 1. The molecule has 2 aromatic heterocycles. The third-order valence-corrected chi connectivity index (χ3v) is 7.03. The summed E-state index contributed by atoms with van der Waals surface area (Å²) >= 11 is 0. The van der Waals surface area contributed by atoms with Crippen LogP contribution in [0.2, 0.25) is 0 Å². The van der Waals surface area contributed by atoms with Gasteiger partial charge in [-0.25, -0.2) is 9.78 Å². The number of hydrogen-bond acceptors (Lipinski definition) is 7. The second kappa shape index (κ2) is 8.09. The Morgan fingerprint density at radius 3 is 2.77 bits per heavy atom. The fraction of sp³-hybridized carbons (Fsp3) is 0.682. The van der Waals surface area contributed by atoms with Gasteiger partial charge in [0.05, 0.1) is 18.5 Å². The zero-order valence-corrected chi connectivity index (χ0v) is 18.2. The second-order valence-electron chi connectivity index (χ2n) is 9.51. The minimum atomic E-state index is -0.184. The van der Waals surface area contributed by atoms with Crippen molar-refractivity contribution in [2.24, 2.45) is 17.8 Å². The molecule has 2 aliphatic carbocycles. The van der Waals surface area contributed by atoms with Crippen molar-refractivity contribution in [1.29, 1.82) is 0 Å². The third kappa shape index (κ3) is 4.65. The standard InChI is InChI=1S/C22H30N6O3/c1-15-11-18(28-14-24-25-26-28)13-23-20(15)30-10-5-17-12-19(17)16-3-8-27(9-4-16)21(29)31-22(2)6-7-22/h11,13-14,16-17,19H,3-10,12H2,1-2H3/t17-,19-/m1/s1. The molecule has 0 bridgehead atoms. The Morgan fingerprint density at radius 1 is 1.29 bits per heavy atom. The third-order valence-electron chi connectivity index (χ3n) is 7.03. The van der Waals surface area contributed by atoms with Crippen LogP contribution in [0, 0.1) is 24.7 Å². The van der Waals surface area contributed by atoms with E-state index in [-0.39, 0.29) is 11.7 Å².